The maximum absolute atomic E-state index is 12.1. The number of β-amino-alcohol motifs (C(OH)–C–C–N with tert-alkyl or cyclic N) is 1. The summed E-state index contributed by atoms with van der Waals surface area (Å²) < 4.78 is 5.13. The summed E-state index contributed by atoms with van der Waals surface area (Å²) in [5.74, 6) is 0.162. The molecule has 1 aromatic rings. The normalized spacial score (nSPS) is 18.6. The van der Waals surface area contributed by atoms with Crippen molar-refractivity contribution < 1.29 is 14.3 Å². The van der Waals surface area contributed by atoms with Crippen LogP contribution in [0.15, 0.2) is 16.5 Å². The molecule has 0 spiro atoms. The molecule has 1 aliphatic rings. The van der Waals surface area contributed by atoms with Crippen LogP contribution in [-0.2, 0) is 0 Å². The fourth-order valence-electron chi connectivity index (χ4n) is 2.15. The number of rotatable bonds is 4. The summed E-state index contributed by atoms with van der Waals surface area (Å²) in [6, 6.07) is 3.17. The molecule has 2 heterocycles. The smallest absolute Gasteiger partial charge is 0.289 e. The van der Waals surface area contributed by atoms with E-state index in [0.717, 1.165) is 19.5 Å². The fraction of sp³-hybridized carbons (Fsp3) is 0.615. The molecule has 1 saturated heterocycles. The van der Waals surface area contributed by atoms with E-state index in [2.05, 4.69) is 4.90 Å². The SMILES string of the molecule is CCC(O)CN1CCN(C(=O)c2ccc(Cl)o2)CC1. The Morgan fingerprint density at radius 1 is 1.42 bits per heavy atom. The zero-order valence-electron chi connectivity index (χ0n) is 11.0. The Balaban J connectivity index is 1.84. The van der Waals surface area contributed by atoms with Crippen LogP contribution in [0.4, 0.5) is 0 Å². The molecule has 0 aliphatic carbocycles. The van der Waals surface area contributed by atoms with Gasteiger partial charge in [0.1, 0.15) is 0 Å². The third-order valence-corrected chi connectivity index (χ3v) is 3.59. The average molecular weight is 287 g/mol. The minimum Gasteiger partial charge on any atom is -0.440 e. The van der Waals surface area contributed by atoms with Gasteiger partial charge in [-0.15, -0.1) is 0 Å². The Hall–Kier alpha value is -1.04. The summed E-state index contributed by atoms with van der Waals surface area (Å²) in [6.45, 7) is 5.48. The second-order valence-electron chi connectivity index (χ2n) is 4.76. The van der Waals surface area contributed by atoms with Crippen LogP contribution in [0.1, 0.15) is 23.9 Å². The Bertz CT molecular complexity index is 427. The number of piperazine rings is 1. The summed E-state index contributed by atoms with van der Waals surface area (Å²) in [7, 11) is 0. The van der Waals surface area contributed by atoms with Crippen molar-refractivity contribution in [3.05, 3.63) is 23.1 Å². The summed E-state index contributed by atoms with van der Waals surface area (Å²) in [6.07, 6.45) is 0.468. The largest absolute Gasteiger partial charge is 0.440 e. The van der Waals surface area contributed by atoms with Gasteiger partial charge in [-0.25, -0.2) is 0 Å². The molecular weight excluding hydrogens is 268 g/mol. The van der Waals surface area contributed by atoms with Crippen LogP contribution in [0.5, 0.6) is 0 Å². The first kappa shape index (κ1) is 14.4. The number of carbonyl (C=O) groups is 1. The molecule has 1 aliphatic heterocycles. The number of hydrogen-bond acceptors (Lipinski definition) is 4. The zero-order chi connectivity index (χ0) is 13.8. The highest BCUT2D eigenvalue weighted by molar-refractivity contribution is 6.29. The predicted octanol–water partition coefficient (Wildman–Crippen LogP) is 1.46. The molecular formula is C13H19ClN2O3. The van der Waals surface area contributed by atoms with Crippen molar-refractivity contribution in [3.8, 4) is 0 Å². The lowest BCUT2D eigenvalue weighted by Crippen LogP contribution is -2.50. The van der Waals surface area contributed by atoms with Crippen molar-refractivity contribution in [3.63, 3.8) is 0 Å². The molecule has 1 unspecified atom stereocenters. The maximum Gasteiger partial charge on any atom is 0.289 e. The molecule has 1 atom stereocenters. The topological polar surface area (TPSA) is 56.9 Å². The lowest BCUT2D eigenvalue weighted by molar-refractivity contribution is 0.0500. The van der Waals surface area contributed by atoms with Gasteiger partial charge in [-0.1, -0.05) is 6.92 Å². The van der Waals surface area contributed by atoms with Crippen molar-refractivity contribution in [2.75, 3.05) is 32.7 Å². The molecule has 0 saturated carbocycles. The Morgan fingerprint density at radius 3 is 2.63 bits per heavy atom. The number of aliphatic hydroxyl groups is 1. The van der Waals surface area contributed by atoms with E-state index in [-0.39, 0.29) is 23.0 Å². The fourth-order valence-corrected chi connectivity index (χ4v) is 2.29. The lowest BCUT2D eigenvalue weighted by Gasteiger charge is -2.35. The molecule has 0 bridgehead atoms. The monoisotopic (exact) mass is 286 g/mol. The van der Waals surface area contributed by atoms with Crippen LogP contribution in [0, 0.1) is 0 Å². The number of furan rings is 1. The number of carbonyl (C=O) groups excluding carboxylic acids is 1. The van der Waals surface area contributed by atoms with E-state index < -0.39 is 0 Å². The molecule has 1 fully saturated rings. The molecule has 1 aromatic heterocycles. The average Bonchev–Trinajstić information content (AvgIpc) is 2.85. The highest BCUT2D eigenvalue weighted by Crippen LogP contribution is 2.16. The highest BCUT2D eigenvalue weighted by atomic mass is 35.5. The third kappa shape index (κ3) is 3.72. The summed E-state index contributed by atoms with van der Waals surface area (Å²) in [5.41, 5.74) is 0. The number of aliphatic hydroxyl groups excluding tert-OH is 1. The van der Waals surface area contributed by atoms with Crippen LogP contribution in [0.2, 0.25) is 5.22 Å². The van der Waals surface area contributed by atoms with Crippen molar-refractivity contribution in [2.24, 2.45) is 0 Å². The molecule has 1 N–H and O–H groups in total. The molecule has 19 heavy (non-hydrogen) atoms. The van der Waals surface area contributed by atoms with Gasteiger partial charge < -0.3 is 14.4 Å². The van der Waals surface area contributed by atoms with Gasteiger partial charge in [-0.3, -0.25) is 9.69 Å². The van der Waals surface area contributed by atoms with E-state index in [1.165, 1.54) is 0 Å². The maximum atomic E-state index is 12.1. The first-order valence-electron chi connectivity index (χ1n) is 6.55. The summed E-state index contributed by atoms with van der Waals surface area (Å²) >= 11 is 5.67. The van der Waals surface area contributed by atoms with Crippen molar-refractivity contribution in [2.45, 2.75) is 19.4 Å². The van der Waals surface area contributed by atoms with Crippen molar-refractivity contribution in [1.82, 2.24) is 9.80 Å². The zero-order valence-corrected chi connectivity index (χ0v) is 11.8. The van der Waals surface area contributed by atoms with Gasteiger partial charge in [0.2, 0.25) is 0 Å². The molecule has 6 heteroatoms. The molecule has 0 aromatic carbocycles. The molecule has 0 radical (unpaired) electrons. The minimum absolute atomic E-state index is 0.123. The Labute approximate surface area is 117 Å². The van der Waals surface area contributed by atoms with Gasteiger partial charge in [0.15, 0.2) is 11.0 Å². The number of hydrogen-bond donors (Lipinski definition) is 1. The highest BCUT2D eigenvalue weighted by Gasteiger charge is 2.24. The minimum atomic E-state index is -0.286. The second kappa shape index (κ2) is 6.41. The van der Waals surface area contributed by atoms with E-state index in [4.69, 9.17) is 16.0 Å². The van der Waals surface area contributed by atoms with Gasteiger partial charge in [-0.05, 0) is 30.2 Å². The van der Waals surface area contributed by atoms with Gasteiger partial charge >= 0.3 is 0 Å². The standard InChI is InChI=1S/C13H19ClN2O3/c1-2-10(17)9-15-5-7-16(8-6-15)13(18)11-3-4-12(14)19-11/h3-4,10,17H,2,5-9H2,1H3. The lowest BCUT2D eigenvalue weighted by atomic mass is 10.2. The molecule has 106 valence electrons. The van der Waals surface area contributed by atoms with Gasteiger partial charge in [0.05, 0.1) is 6.10 Å². The predicted molar refractivity (Wildman–Crippen MR) is 72.4 cm³/mol. The van der Waals surface area contributed by atoms with E-state index in [0.29, 0.717) is 19.6 Å². The van der Waals surface area contributed by atoms with Crippen LogP contribution in [0.3, 0.4) is 0 Å². The summed E-state index contributed by atoms with van der Waals surface area (Å²) in [5, 5.41) is 9.84. The first-order chi connectivity index (χ1) is 9.10. The second-order valence-corrected chi connectivity index (χ2v) is 5.13. The number of nitrogens with zero attached hydrogens (tertiary/aromatic N) is 2. The van der Waals surface area contributed by atoms with Crippen LogP contribution < -0.4 is 0 Å². The Morgan fingerprint density at radius 2 is 2.11 bits per heavy atom. The van der Waals surface area contributed by atoms with Crippen LogP contribution in [0.25, 0.3) is 0 Å². The van der Waals surface area contributed by atoms with E-state index in [1.54, 1.807) is 17.0 Å². The van der Waals surface area contributed by atoms with Gasteiger partial charge in [0, 0.05) is 32.7 Å². The number of halogens is 1. The summed E-state index contributed by atoms with van der Waals surface area (Å²) in [4.78, 5) is 16.0. The third-order valence-electron chi connectivity index (χ3n) is 3.38. The van der Waals surface area contributed by atoms with Crippen LogP contribution >= 0.6 is 11.6 Å². The number of amides is 1. The van der Waals surface area contributed by atoms with E-state index in [9.17, 15) is 9.90 Å². The molecule has 5 nitrogen and oxygen atoms in total. The van der Waals surface area contributed by atoms with Crippen molar-refractivity contribution in [1.29, 1.82) is 0 Å². The van der Waals surface area contributed by atoms with E-state index in [1.807, 2.05) is 6.92 Å². The van der Waals surface area contributed by atoms with Gasteiger partial charge in [0.25, 0.3) is 5.91 Å². The van der Waals surface area contributed by atoms with Crippen molar-refractivity contribution >= 4 is 17.5 Å². The van der Waals surface area contributed by atoms with Gasteiger partial charge in [-0.2, -0.15) is 0 Å². The molecule has 1 amide bonds. The molecule has 2 rings (SSSR count). The quantitative estimate of drug-likeness (QED) is 0.910. The first-order valence-corrected chi connectivity index (χ1v) is 6.93. The van der Waals surface area contributed by atoms with Crippen LogP contribution in [-0.4, -0.2) is 59.6 Å². The van der Waals surface area contributed by atoms with E-state index >= 15 is 0 Å². The Kier molecular flexibility index (Phi) is 4.85.